The van der Waals surface area contributed by atoms with Crippen LogP contribution in [0.1, 0.15) is 25.6 Å². The van der Waals surface area contributed by atoms with E-state index in [1.807, 2.05) is 0 Å². The second kappa shape index (κ2) is 5.63. The number of hydrogen-bond donors (Lipinski definition) is 1. The SMILES string of the molecule is CCn1c(CC2CCNCC2)nc2cc(Br)ccc21. The Kier molecular flexibility index (Phi) is 3.89. The first-order chi connectivity index (χ1) is 9.28. The molecule has 1 aromatic heterocycles. The van der Waals surface area contributed by atoms with E-state index in [-0.39, 0.29) is 0 Å². The van der Waals surface area contributed by atoms with Gasteiger partial charge < -0.3 is 9.88 Å². The van der Waals surface area contributed by atoms with Crippen LogP contribution in [0, 0.1) is 5.92 Å². The Hall–Kier alpha value is -0.870. The Bertz CT molecular complexity index is 570. The summed E-state index contributed by atoms with van der Waals surface area (Å²) in [6.45, 7) is 5.51. The molecule has 0 atom stereocenters. The minimum atomic E-state index is 0.784. The summed E-state index contributed by atoms with van der Waals surface area (Å²) in [5.41, 5.74) is 2.37. The summed E-state index contributed by atoms with van der Waals surface area (Å²) < 4.78 is 3.47. The van der Waals surface area contributed by atoms with Crippen LogP contribution in [0.4, 0.5) is 0 Å². The Balaban J connectivity index is 1.93. The smallest absolute Gasteiger partial charge is 0.110 e. The Morgan fingerprint density at radius 2 is 2.16 bits per heavy atom. The number of fused-ring (bicyclic) bond motifs is 1. The highest BCUT2D eigenvalue weighted by Gasteiger charge is 2.17. The third-order valence-corrected chi connectivity index (χ3v) is 4.53. The molecule has 0 radical (unpaired) electrons. The zero-order valence-electron chi connectivity index (χ0n) is 11.3. The third kappa shape index (κ3) is 2.70. The van der Waals surface area contributed by atoms with Gasteiger partial charge in [-0.2, -0.15) is 0 Å². The van der Waals surface area contributed by atoms with Crippen molar-refractivity contribution in [3.05, 3.63) is 28.5 Å². The fourth-order valence-electron chi connectivity index (χ4n) is 3.01. The van der Waals surface area contributed by atoms with Crippen LogP contribution in [0.5, 0.6) is 0 Å². The van der Waals surface area contributed by atoms with Gasteiger partial charge in [0.25, 0.3) is 0 Å². The van der Waals surface area contributed by atoms with Gasteiger partial charge in [-0.25, -0.2) is 4.98 Å². The van der Waals surface area contributed by atoms with Gasteiger partial charge in [-0.15, -0.1) is 0 Å². The first-order valence-electron chi connectivity index (χ1n) is 7.13. The van der Waals surface area contributed by atoms with Crippen molar-refractivity contribution < 1.29 is 0 Å². The van der Waals surface area contributed by atoms with Gasteiger partial charge in [0.1, 0.15) is 5.82 Å². The van der Waals surface area contributed by atoms with Crippen LogP contribution < -0.4 is 5.32 Å². The van der Waals surface area contributed by atoms with Crippen molar-refractivity contribution in [2.75, 3.05) is 13.1 Å². The third-order valence-electron chi connectivity index (χ3n) is 4.04. The van der Waals surface area contributed by atoms with Crippen molar-refractivity contribution in [1.29, 1.82) is 0 Å². The molecule has 4 heteroatoms. The molecular weight excluding hydrogens is 302 g/mol. The molecule has 102 valence electrons. The summed E-state index contributed by atoms with van der Waals surface area (Å²) in [6.07, 6.45) is 3.66. The molecular formula is C15H20BrN3. The van der Waals surface area contributed by atoms with Gasteiger partial charge in [0.05, 0.1) is 11.0 Å². The molecule has 1 fully saturated rings. The van der Waals surface area contributed by atoms with Crippen molar-refractivity contribution in [2.45, 2.75) is 32.7 Å². The lowest BCUT2D eigenvalue weighted by molar-refractivity contribution is 0.364. The quantitative estimate of drug-likeness (QED) is 0.939. The summed E-state index contributed by atoms with van der Waals surface area (Å²) in [4.78, 5) is 4.85. The predicted molar refractivity (Wildman–Crippen MR) is 82.4 cm³/mol. The first-order valence-corrected chi connectivity index (χ1v) is 7.92. The highest BCUT2D eigenvalue weighted by Crippen LogP contribution is 2.24. The molecule has 0 aliphatic carbocycles. The number of rotatable bonds is 3. The molecule has 0 bridgehead atoms. The lowest BCUT2D eigenvalue weighted by atomic mass is 9.94. The van der Waals surface area contributed by atoms with Gasteiger partial charge in [-0.1, -0.05) is 15.9 Å². The average molecular weight is 322 g/mol. The van der Waals surface area contributed by atoms with Crippen LogP contribution in [0.3, 0.4) is 0 Å². The van der Waals surface area contributed by atoms with E-state index < -0.39 is 0 Å². The van der Waals surface area contributed by atoms with E-state index in [2.05, 4.69) is 50.9 Å². The number of halogens is 1. The number of aromatic nitrogens is 2. The van der Waals surface area contributed by atoms with Gasteiger partial charge >= 0.3 is 0 Å². The molecule has 1 aliphatic heterocycles. The summed E-state index contributed by atoms with van der Waals surface area (Å²) in [5.74, 6) is 2.04. The van der Waals surface area contributed by atoms with Crippen molar-refractivity contribution in [2.24, 2.45) is 5.92 Å². The molecule has 0 amide bonds. The molecule has 19 heavy (non-hydrogen) atoms. The molecule has 1 N–H and O–H groups in total. The highest BCUT2D eigenvalue weighted by molar-refractivity contribution is 9.10. The lowest BCUT2D eigenvalue weighted by Gasteiger charge is -2.22. The molecule has 2 aromatic rings. The second-order valence-electron chi connectivity index (χ2n) is 5.30. The molecule has 2 heterocycles. The molecule has 0 spiro atoms. The first kappa shape index (κ1) is 13.1. The molecule has 3 nitrogen and oxygen atoms in total. The summed E-state index contributed by atoms with van der Waals surface area (Å²) in [5, 5.41) is 3.43. The minimum Gasteiger partial charge on any atom is -0.328 e. The van der Waals surface area contributed by atoms with Gasteiger partial charge in [-0.3, -0.25) is 0 Å². The molecule has 3 rings (SSSR count). The minimum absolute atomic E-state index is 0.784. The Morgan fingerprint density at radius 3 is 2.89 bits per heavy atom. The van der Waals surface area contributed by atoms with Gasteiger partial charge in [0, 0.05) is 17.4 Å². The van der Waals surface area contributed by atoms with Crippen LogP contribution in [0.25, 0.3) is 11.0 Å². The lowest BCUT2D eigenvalue weighted by Crippen LogP contribution is -2.29. The number of hydrogen-bond acceptors (Lipinski definition) is 2. The van der Waals surface area contributed by atoms with Crippen molar-refractivity contribution >= 4 is 27.0 Å². The van der Waals surface area contributed by atoms with Crippen molar-refractivity contribution in [1.82, 2.24) is 14.9 Å². The summed E-state index contributed by atoms with van der Waals surface area (Å²) >= 11 is 3.53. The molecule has 1 aliphatic rings. The number of piperidine rings is 1. The second-order valence-corrected chi connectivity index (χ2v) is 6.22. The molecule has 0 unspecified atom stereocenters. The van der Waals surface area contributed by atoms with Crippen LogP contribution in [-0.2, 0) is 13.0 Å². The van der Waals surface area contributed by atoms with Crippen LogP contribution >= 0.6 is 15.9 Å². The number of benzene rings is 1. The molecule has 1 saturated heterocycles. The number of aryl methyl sites for hydroxylation is 1. The van der Waals surface area contributed by atoms with E-state index in [9.17, 15) is 0 Å². The maximum atomic E-state index is 4.85. The average Bonchev–Trinajstić information content (AvgIpc) is 2.76. The number of imidazole rings is 1. The summed E-state index contributed by atoms with van der Waals surface area (Å²) in [6, 6.07) is 6.39. The molecule has 0 saturated carbocycles. The van der Waals surface area contributed by atoms with Crippen LogP contribution in [0.15, 0.2) is 22.7 Å². The van der Waals surface area contributed by atoms with Gasteiger partial charge in [-0.05, 0) is 57.0 Å². The Morgan fingerprint density at radius 1 is 1.37 bits per heavy atom. The largest absolute Gasteiger partial charge is 0.328 e. The fourth-order valence-corrected chi connectivity index (χ4v) is 3.35. The number of nitrogens with zero attached hydrogens (tertiary/aromatic N) is 2. The van der Waals surface area contributed by atoms with E-state index in [0.717, 1.165) is 42.0 Å². The van der Waals surface area contributed by atoms with E-state index in [1.54, 1.807) is 0 Å². The van der Waals surface area contributed by atoms with Crippen molar-refractivity contribution in [3.63, 3.8) is 0 Å². The fraction of sp³-hybridized carbons (Fsp3) is 0.533. The molecule has 1 aromatic carbocycles. The zero-order chi connectivity index (χ0) is 13.2. The maximum absolute atomic E-state index is 4.85. The van der Waals surface area contributed by atoms with Crippen LogP contribution in [-0.4, -0.2) is 22.6 Å². The van der Waals surface area contributed by atoms with Gasteiger partial charge in [0.15, 0.2) is 0 Å². The van der Waals surface area contributed by atoms with Gasteiger partial charge in [0.2, 0.25) is 0 Å². The Labute approximate surface area is 122 Å². The maximum Gasteiger partial charge on any atom is 0.110 e. The van der Waals surface area contributed by atoms with E-state index >= 15 is 0 Å². The number of nitrogens with one attached hydrogen (secondary N) is 1. The standard InChI is InChI=1S/C15H20BrN3/c1-2-19-14-4-3-12(16)10-13(14)18-15(19)9-11-5-7-17-8-6-11/h3-4,10-11,17H,2,5-9H2,1H3. The monoisotopic (exact) mass is 321 g/mol. The van der Waals surface area contributed by atoms with Crippen molar-refractivity contribution in [3.8, 4) is 0 Å². The van der Waals surface area contributed by atoms with E-state index in [0.29, 0.717) is 0 Å². The normalized spacial score (nSPS) is 17.2. The zero-order valence-corrected chi connectivity index (χ0v) is 12.9. The van der Waals surface area contributed by atoms with E-state index in [4.69, 9.17) is 4.98 Å². The topological polar surface area (TPSA) is 29.9 Å². The highest BCUT2D eigenvalue weighted by atomic mass is 79.9. The predicted octanol–water partition coefficient (Wildman–Crippen LogP) is 3.36. The van der Waals surface area contributed by atoms with Crippen LogP contribution in [0.2, 0.25) is 0 Å². The van der Waals surface area contributed by atoms with E-state index in [1.165, 1.54) is 24.2 Å². The summed E-state index contributed by atoms with van der Waals surface area (Å²) in [7, 11) is 0.